The van der Waals surface area contributed by atoms with Crippen LogP contribution in [0.5, 0.6) is 11.5 Å². The number of hydrogen-bond acceptors (Lipinski definition) is 6. The number of rotatable bonds is 5. The average molecular weight is 367 g/mol. The zero-order valence-electron chi connectivity index (χ0n) is 15.0. The van der Waals surface area contributed by atoms with E-state index in [4.69, 9.17) is 9.47 Å². The number of esters is 1. The highest BCUT2D eigenvalue weighted by Gasteiger charge is 2.20. The Morgan fingerprint density at radius 2 is 1.81 bits per heavy atom. The molecular weight excluding hydrogens is 350 g/mol. The lowest BCUT2D eigenvalue weighted by molar-refractivity contribution is -0.385. The summed E-state index contributed by atoms with van der Waals surface area (Å²) in [7, 11) is 1.40. The summed E-state index contributed by atoms with van der Waals surface area (Å²) >= 11 is 0. The molecule has 0 amide bonds. The van der Waals surface area contributed by atoms with Crippen molar-refractivity contribution < 1.29 is 19.2 Å². The molecule has 8 heteroatoms. The molecule has 0 saturated carbocycles. The Hall–Kier alpha value is -3.68. The van der Waals surface area contributed by atoms with Gasteiger partial charge < -0.3 is 9.47 Å². The maximum absolute atomic E-state index is 12.4. The molecule has 0 radical (unpaired) electrons. The Morgan fingerprint density at radius 1 is 1.11 bits per heavy atom. The monoisotopic (exact) mass is 367 g/mol. The predicted molar refractivity (Wildman–Crippen MR) is 97.6 cm³/mol. The molecule has 0 unspecified atom stereocenters. The van der Waals surface area contributed by atoms with Crippen LogP contribution in [-0.4, -0.2) is 27.8 Å². The fourth-order valence-corrected chi connectivity index (χ4v) is 2.64. The van der Waals surface area contributed by atoms with Gasteiger partial charge in [0, 0.05) is 5.69 Å². The molecule has 0 atom stereocenters. The van der Waals surface area contributed by atoms with Crippen molar-refractivity contribution in [2.24, 2.45) is 0 Å². The Labute approximate surface area is 155 Å². The van der Waals surface area contributed by atoms with Crippen LogP contribution in [0.4, 0.5) is 5.69 Å². The minimum atomic E-state index is -0.691. The van der Waals surface area contributed by atoms with Crippen LogP contribution in [0.25, 0.3) is 5.69 Å². The summed E-state index contributed by atoms with van der Waals surface area (Å²) in [5, 5.41) is 15.6. The van der Waals surface area contributed by atoms with Gasteiger partial charge in [-0.3, -0.25) is 10.1 Å². The summed E-state index contributed by atoms with van der Waals surface area (Å²) in [6, 6.07) is 12.6. The molecule has 3 rings (SSSR count). The smallest absolute Gasteiger partial charge is 0.343 e. The summed E-state index contributed by atoms with van der Waals surface area (Å²) in [6.07, 6.45) is 0. The van der Waals surface area contributed by atoms with Crippen LogP contribution in [0.3, 0.4) is 0 Å². The summed E-state index contributed by atoms with van der Waals surface area (Å²) in [5.74, 6) is -0.535. The van der Waals surface area contributed by atoms with Gasteiger partial charge in [-0.2, -0.15) is 5.10 Å². The SMILES string of the molecule is COc1ccc(OC(=O)c2ccc(-n3nc(C)cc3C)cc2)c([N+](=O)[O-])c1. The van der Waals surface area contributed by atoms with Crippen molar-refractivity contribution >= 4 is 11.7 Å². The maximum atomic E-state index is 12.4. The van der Waals surface area contributed by atoms with Gasteiger partial charge in [0.05, 0.1) is 35.0 Å². The molecular formula is C19H17N3O5. The third kappa shape index (κ3) is 3.79. The molecule has 27 heavy (non-hydrogen) atoms. The molecule has 8 nitrogen and oxygen atoms in total. The summed E-state index contributed by atoms with van der Waals surface area (Å²) in [4.78, 5) is 22.9. The van der Waals surface area contributed by atoms with E-state index in [-0.39, 0.29) is 17.0 Å². The van der Waals surface area contributed by atoms with E-state index in [0.29, 0.717) is 5.75 Å². The Kier molecular flexibility index (Phi) is 4.89. The number of benzene rings is 2. The summed E-state index contributed by atoms with van der Waals surface area (Å²) in [6.45, 7) is 3.84. The summed E-state index contributed by atoms with van der Waals surface area (Å²) in [5.41, 5.74) is 2.58. The van der Waals surface area contributed by atoms with E-state index in [9.17, 15) is 14.9 Å². The van der Waals surface area contributed by atoms with Gasteiger partial charge in [0.15, 0.2) is 0 Å². The molecule has 0 aliphatic rings. The third-order valence-corrected chi connectivity index (χ3v) is 3.92. The van der Waals surface area contributed by atoms with Crippen molar-refractivity contribution in [1.29, 1.82) is 0 Å². The van der Waals surface area contributed by atoms with Crippen LogP contribution < -0.4 is 9.47 Å². The van der Waals surface area contributed by atoms with E-state index >= 15 is 0 Å². The first-order valence-corrected chi connectivity index (χ1v) is 8.07. The second-order valence-corrected chi connectivity index (χ2v) is 5.87. The molecule has 0 aliphatic carbocycles. The van der Waals surface area contributed by atoms with Crippen LogP contribution in [-0.2, 0) is 0 Å². The molecule has 1 aromatic heterocycles. The molecule has 0 spiro atoms. The van der Waals surface area contributed by atoms with Crippen LogP contribution in [0.15, 0.2) is 48.5 Å². The first kappa shape index (κ1) is 18.1. The molecule has 0 bridgehead atoms. The molecule has 0 N–H and O–H groups in total. The quantitative estimate of drug-likeness (QED) is 0.296. The number of methoxy groups -OCH3 is 1. The predicted octanol–water partition coefficient (Wildman–Crippen LogP) is 3.63. The Balaban J connectivity index is 1.83. The molecule has 0 fully saturated rings. The lowest BCUT2D eigenvalue weighted by atomic mass is 10.2. The number of carbonyl (C=O) groups excluding carboxylic acids is 1. The van der Waals surface area contributed by atoms with Gasteiger partial charge in [-0.25, -0.2) is 9.48 Å². The number of hydrogen-bond donors (Lipinski definition) is 0. The van der Waals surface area contributed by atoms with Crippen LogP contribution >= 0.6 is 0 Å². The minimum absolute atomic E-state index is 0.145. The van der Waals surface area contributed by atoms with E-state index in [0.717, 1.165) is 17.1 Å². The molecule has 0 aliphatic heterocycles. The normalized spacial score (nSPS) is 10.5. The highest BCUT2D eigenvalue weighted by Crippen LogP contribution is 2.31. The Morgan fingerprint density at radius 3 is 2.37 bits per heavy atom. The molecule has 1 heterocycles. The number of nitro benzene ring substituents is 1. The second-order valence-electron chi connectivity index (χ2n) is 5.87. The fourth-order valence-electron chi connectivity index (χ4n) is 2.64. The number of aromatic nitrogens is 2. The van der Waals surface area contributed by atoms with Crippen molar-refractivity contribution in [3.63, 3.8) is 0 Å². The third-order valence-electron chi connectivity index (χ3n) is 3.92. The maximum Gasteiger partial charge on any atom is 0.343 e. The van der Waals surface area contributed by atoms with E-state index in [1.165, 1.54) is 25.3 Å². The largest absolute Gasteiger partial charge is 0.496 e. The summed E-state index contributed by atoms with van der Waals surface area (Å²) < 4.78 is 11.9. The zero-order valence-corrected chi connectivity index (χ0v) is 15.0. The van der Waals surface area contributed by atoms with Crippen molar-refractivity contribution in [3.8, 4) is 17.2 Å². The van der Waals surface area contributed by atoms with Crippen molar-refractivity contribution in [2.45, 2.75) is 13.8 Å². The average Bonchev–Trinajstić information content (AvgIpc) is 3.00. The minimum Gasteiger partial charge on any atom is -0.496 e. The van der Waals surface area contributed by atoms with Gasteiger partial charge in [-0.15, -0.1) is 0 Å². The second kappa shape index (κ2) is 7.28. The van der Waals surface area contributed by atoms with Crippen LogP contribution in [0, 0.1) is 24.0 Å². The van der Waals surface area contributed by atoms with Crippen molar-refractivity contribution in [1.82, 2.24) is 9.78 Å². The zero-order chi connectivity index (χ0) is 19.6. The van der Waals surface area contributed by atoms with E-state index in [1.54, 1.807) is 28.9 Å². The lowest BCUT2D eigenvalue weighted by Crippen LogP contribution is -2.10. The molecule has 138 valence electrons. The van der Waals surface area contributed by atoms with Gasteiger partial charge in [-0.1, -0.05) is 0 Å². The standard InChI is InChI=1S/C19H17N3O5/c1-12-10-13(2)21(20-12)15-6-4-14(5-7-15)19(23)27-18-9-8-16(26-3)11-17(18)22(24)25/h4-11H,1-3H3. The molecule has 0 saturated heterocycles. The highest BCUT2D eigenvalue weighted by atomic mass is 16.6. The lowest BCUT2D eigenvalue weighted by Gasteiger charge is -2.08. The van der Waals surface area contributed by atoms with Gasteiger partial charge in [-0.05, 0) is 56.3 Å². The molecule has 2 aromatic carbocycles. The first-order chi connectivity index (χ1) is 12.9. The van der Waals surface area contributed by atoms with Gasteiger partial charge in [0.2, 0.25) is 5.75 Å². The fraction of sp³-hybridized carbons (Fsp3) is 0.158. The van der Waals surface area contributed by atoms with Gasteiger partial charge >= 0.3 is 11.7 Å². The van der Waals surface area contributed by atoms with E-state index in [2.05, 4.69) is 5.10 Å². The Bertz CT molecular complexity index is 1010. The van der Waals surface area contributed by atoms with Crippen molar-refractivity contribution in [3.05, 3.63) is 75.6 Å². The van der Waals surface area contributed by atoms with Crippen LogP contribution in [0.1, 0.15) is 21.7 Å². The highest BCUT2D eigenvalue weighted by molar-refractivity contribution is 5.91. The molecule has 3 aromatic rings. The first-order valence-electron chi connectivity index (χ1n) is 8.07. The number of ether oxygens (including phenoxy) is 2. The van der Waals surface area contributed by atoms with Gasteiger partial charge in [0.1, 0.15) is 5.75 Å². The van der Waals surface area contributed by atoms with Crippen LogP contribution in [0.2, 0.25) is 0 Å². The number of aryl methyl sites for hydroxylation is 2. The number of nitro groups is 1. The van der Waals surface area contributed by atoms with Crippen molar-refractivity contribution in [2.75, 3.05) is 7.11 Å². The van der Waals surface area contributed by atoms with Gasteiger partial charge in [0.25, 0.3) is 0 Å². The topological polar surface area (TPSA) is 96.5 Å². The number of nitrogens with zero attached hydrogens (tertiary/aromatic N) is 3. The number of carbonyl (C=O) groups is 1. The van der Waals surface area contributed by atoms with E-state index in [1.807, 2.05) is 19.9 Å². The van der Waals surface area contributed by atoms with E-state index < -0.39 is 10.9 Å².